The summed E-state index contributed by atoms with van der Waals surface area (Å²) in [4.78, 5) is 14.9. The number of aromatic nitrogens is 2. The number of benzene rings is 2. The minimum absolute atomic E-state index is 0.103. The van der Waals surface area contributed by atoms with Crippen molar-refractivity contribution in [3.8, 4) is 0 Å². The Bertz CT molecular complexity index is 1050. The van der Waals surface area contributed by atoms with Crippen LogP contribution in [0.15, 0.2) is 60.8 Å². The number of anilines is 1. The van der Waals surface area contributed by atoms with Gasteiger partial charge in [-0.1, -0.05) is 42.5 Å². The lowest BCUT2D eigenvalue weighted by Gasteiger charge is -2.32. The monoisotopic (exact) mass is 440 g/mol. The largest absolute Gasteiger partial charge is 0.367 e. The molecule has 2 heterocycles. The third kappa shape index (κ3) is 4.87. The van der Waals surface area contributed by atoms with Gasteiger partial charge in [-0.05, 0) is 24.5 Å². The Morgan fingerprint density at radius 3 is 2.59 bits per heavy atom. The third-order valence-electron chi connectivity index (χ3n) is 5.83. The fraction of sp³-hybridized carbons (Fsp3) is 0.333. The predicted octanol–water partition coefficient (Wildman–Crippen LogP) is 4.32. The Labute approximate surface area is 185 Å². The van der Waals surface area contributed by atoms with Crippen molar-refractivity contribution < 1.29 is 18.3 Å². The van der Waals surface area contributed by atoms with Crippen LogP contribution in [0.3, 0.4) is 0 Å². The molecule has 32 heavy (non-hydrogen) atoms. The van der Waals surface area contributed by atoms with E-state index >= 15 is 0 Å². The van der Waals surface area contributed by atoms with Crippen molar-refractivity contribution in [3.05, 3.63) is 83.6 Å². The zero-order valence-electron chi connectivity index (χ0n) is 17.9. The first-order chi connectivity index (χ1) is 15.6. The van der Waals surface area contributed by atoms with Crippen molar-refractivity contribution in [1.29, 1.82) is 0 Å². The zero-order chi connectivity index (χ0) is 22.5. The number of hydrogen-bond acceptors (Lipinski definition) is 4. The number of rotatable bonds is 7. The second-order valence-corrected chi connectivity index (χ2v) is 7.90. The predicted molar refractivity (Wildman–Crippen MR) is 117 cm³/mol. The van der Waals surface area contributed by atoms with Gasteiger partial charge in [0.2, 0.25) is 0 Å². The number of piperidine rings is 1. The summed E-state index contributed by atoms with van der Waals surface area (Å²) in [5.74, 6) is -1.25. The van der Waals surface area contributed by atoms with Crippen molar-refractivity contribution in [3.63, 3.8) is 0 Å². The second-order valence-electron chi connectivity index (χ2n) is 7.90. The molecule has 0 aliphatic carbocycles. The summed E-state index contributed by atoms with van der Waals surface area (Å²) in [5.41, 5.74) is 1.14. The van der Waals surface area contributed by atoms with Crippen LogP contribution in [0.25, 0.3) is 0 Å². The number of hydrogen-bond donors (Lipinski definition) is 1. The Morgan fingerprint density at radius 2 is 1.88 bits per heavy atom. The lowest BCUT2D eigenvalue weighted by molar-refractivity contribution is -0.126. The summed E-state index contributed by atoms with van der Waals surface area (Å²) in [6, 6.07) is 15.5. The highest BCUT2D eigenvalue weighted by Crippen LogP contribution is 2.28. The van der Waals surface area contributed by atoms with Crippen molar-refractivity contribution in [2.75, 3.05) is 25.5 Å². The van der Waals surface area contributed by atoms with E-state index in [-0.39, 0.29) is 11.9 Å². The summed E-state index contributed by atoms with van der Waals surface area (Å²) in [6.07, 6.45) is 2.51. The van der Waals surface area contributed by atoms with Crippen LogP contribution < -0.4 is 5.32 Å². The Hall–Kier alpha value is -3.10. The minimum atomic E-state index is -0.820. The van der Waals surface area contributed by atoms with Gasteiger partial charge >= 0.3 is 0 Å². The van der Waals surface area contributed by atoms with E-state index in [0.717, 1.165) is 37.6 Å². The molecule has 0 bridgehead atoms. The van der Waals surface area contributed by atoms with Crippen LogP contribution in [0.2, 0.25) is 0 Å². The van der Waals surface area contributed by atoms with Crippen LogP contribution in [0.1, 0.15) is 36.1 Å². The molecule has 1 atom stereocenters. The van der Waals surface area contributed by atoms with Crippen LogP contribution in [0, 0.1) is 11.6 Å². The van der Waals surface area contributed by atoms with E-state index in [0.29, 0.717) is 17.9 Å². The smallest absolute Gasteiger partial charge is 0.259 e. The molecule has 2 aromatic carbocycles. The van der Waals surface area contributed by atoms with Gasteiger partial charge in [-0.2, -0.15) is 5.10 Å². The van der Waals surface area contributed by atoms with E-state index in [2.05, 4.69) is 15.3 Å². The molecule has 0 spiro atoms. The molecule has 1 saturated heterocycles. The molecule has 4 rings (SSSR count). The number of halogens is 2. The highest BCUT2D eigenvalue weighted by molar-refractivity contribution is 5.94. The first kappa shape index (κ1) is 22.1. The van der Waals surface area contributed by atoms with E-state index < -0.39 is 17.7 Å². The summed E-state index contributed by atoms with van der Waals surface area (Å²) < 4.78 is 34.7. The van der Waals surface area contributed by atoms with Gasteiger partial charge in [0, 0.05) is 38.4 Å². The molecule has 8 heteroatoms. The number of amides is 1. The molecule has 1 fully saturated rings. The van der Waals surface area contributed by atoms with Gasteiger partial charge in [-0.25, -0.2) is 13.5 Å². The van der Waals surface area contributed by atoms with Crippen LogP contribution in [-0.2, 0) is 16.1 Å². The van der Waals surface area contributed by atoms with Crippen molar-refractivity contribution in [2.45, 2.75) is 31.5 Å². The zero-order valence-corrected chi connectivity index (χ0v) is 17.9. The molecule has 6 nitrogen and oxygen atoms in total. The topological polar surface area (TPSA) is 59.4 Å². The van der Waals surface area contributed by atoms with Gasteiger partial charge in [0.15, 0.2) is 17.7 Å². The number of ether oxygens (including phenoxy) is 1. The molecule has 1 amide bonds. The fourth-order valence-corrected chi connectivity index (χ4v) is 4.15. The molecule has 0 saturated carbocycles. The minimum Gasteiger partial charge on any atom is -0.367 e. The molecule has 168 valence electrons. The lowest BCUT2D eigenvalue weighted by atomic mass is 10.0. The average molecular weight is 440 g/mol. The standard InChI is InChI=1S/C24H26F2N4O2/c1-32-23(17-6-3-2-4-7-17)24(31)28-21-10-13-27-30(21)19-11-14-29(15-12-19)16-18-8-5-9-20(25)22(18)26/h2-10,13,19,23H,11-12,14-16H2,1H3,(H,28,31)/t23-/m1/s1. The van der Waals surface area contributed by atoms with E-state index in [1.54, 1.807) is 18.3 Å². The molecular weight excluding hydrogens is 414 g/mol. The van der Waals surface area contributed by atoms with E-state index in [1.165, 1.54) is 13.2 Å². The molecule has 1 N–H and O–H groups in total. The first-order valence-electron chi connectivity index (χ1n) is 10.6. The Balaban J connectivity index is 1.38. The maximum Gasteiger partial charge on any atom is 0.259 e. The van der Waals surface area contributed by atoms with Crippen LogP contribution >= 0.6 is 0 Å². The molecule has 1 aliphatic heterocycles. The summed E-state index contributed by atoms with van der Waals surface area (Å²) in [6.45, 7) is 1.81. The number of carbonyl (C=O) groups is 1. The number of methoxy groups -OCH3 is 1. The lowest BCUT2D eigenvalue weighted by Crippen LogP contribution is -2.35. The molecule has 1 aliphatic rings. The van der Waals surface area contributed by atoms with Gasteiger partial charge in [0.05, 0.1) is 12.2 Å². The maximum absolute atomic E-state index is 14.0. The second kappa shape index (κ2) is 10.0. The highest BCUT2D eigenvalue weighted by Gasteiger charge is 2.26. The number of likely N-dealkylation sites (tertiary alicyclic amines) is 1. The number of carbonyl (C=O) groups excluding carboxylic acids is 1. The van der Waals surface area contributed by atoms with E-state index in [1.807, 2.05) is 35.0 Å². The highest BCUT2D eigenvalue weighted by atomic mass is 19.2. The quantitative estimate of drug-likeness (QED) is 0.594. The van der Waals surface area contributed by atoms with Gasteiger partial charge in [0.25, 0.3) is 5.91 Å². The maximum atomic E-state index is 14.0. The molecule has 3 aromatic rings. The van der Waals surface area contributed by atoms with Crippen LogP contribution in [0.4, 0.5) is 14.6 Å². The van der Waals surface area contributed by atoms with Gasteiger partial charge in [-0.3, -0.25) is 9.69 Å². The summed E-state index contributed by atoms with van der Waals surface area (Å²) in [5, 5.41) is 7.35. The van der Waals surface area contributed by atoms with Gasteiger partial charge < -0.3 is 10.1 Å². The molecular formula is C24H26F2N4O2. The van der Waals surface area contributed by atoms with Crippen LogP contribution in [-0.4, -0.2) is 40.8 Å². The summed E-state index contributed by atoms with van der Waals surface area (Å²) >= 11 is 0. The van der Waals surface area contributed by atoms with Gasteiger partial charge in [0.1, 0.15) is 5.82 Å². The molecule has 1 aromatic heterocycles. The van der Waals surface area contributed by atoms with E-state index in [4.69, 9.17) is 4.74 Å². The van der Waals surface area contributed by atoms with Crippen molar-refractivity contribution in [2.24, 2.45) is 0 Å². The molecule has 0 unspecified atom stereocenters. The number of nitrogens with one attached hydrogen (secondary N) is 1. The SMILES string of the molecule is CO[C@@H](C(=O)Nc1ccnn1C1CCN(Cc2cccc(F)c2F)CC1)c1ccccc1. The summed E-state index contributed by atoms with van der Waals surface area (Å²) in [7, 11) is 1.51. The van der Waals surface area contributed by atoms with Crippen molar-refractivity contribution >= 4 is 11.7 Å². The first-order valence-corrected chi connectivity index (χ1v) is 10.6. The van der Waals surface area contributed by atoms with E-state index in [9.17, 15) is 13.6 Å². The Morgan fingerprint density at radius 1 is 1.12 bits per heavy atom. The number of nitrogens with zero attached hydrogens (tertiary/aromatic N) is 3. The fourth-order valence-electron chi connectivity index (χ4n) is 4.15. The Kier molecular flexibility index (Phi) is 6.92. The average Bonchev–Trinajstić information content (AvgIpc) is 3.27. The third-order valence-corrected chi connectivity index (χ3v) is 5.83. The molecule has 0 radical (unpaired) electrons. The van der Waals surface area contributed by atoms with Crippen LogP contribution in [0.5, 0.6) is 0 Å². The van der Waals surface area contributed by atoms with Crippen molar-refractivity contribution in [1.82, 2.24) is 14.7 Å². The normalized spacial score (nSPS) is 16.1. The van der Waals surface area contributed by atoms with Gasteiger partial charge in [-0.15, -0.1) is 0 Å².